The van der Waals surface area contributed by atoms with Gasteiger partial charge in [0.15, 0.2) is 0 Å². The first-order valence-electron chi connectivity index (χ1n) is 9.92. The fraction of sp³-hybridized carbons (Fsp3) is 0.619. The van der Waals surface area contributed by atoms with Gasteiger partial charge in [-0.3, -0.25) is 9.59 Å². The van der Waals surface area contributed by atoms with Crippen LogP contribution in [-0.4, -0.2) is 61.0 Å². The van der Waals surface area contributed by atoms with Gasteiger partial charge in [-0.05, 0) is 31.2 Å². The molecule has 0 radical (unpaired) electrons. The van der Waals surface area contributed by atoms with Gasteiger partial charge in [0.1, 0.15) is 0 Å². The van der Waals surface area contributed by atoms with Gasteiger partial charge in [0.25, 0.3) is 0 Å². The van der Waals surface area contributed by atoms with Gasteiger partial charge >= 0.3 is 0 Å². The predicted molar refractivity (Wildman–Crippen MR) is 98.7 cm³/mol. The minimum absolute atomic E-state index is 0.0568. The molecule has 26 heavy (non-hydrogen) atoms. The number of rotatable bonds is 3. The number of piperidine rings is 1. The molecule has 0 aromatic heterocycles. The van der Waals surface area contributed by atoms with E-state index in [0.717, 1.165) is 44.2 Å². The molecule has 0 bridgehead atoms. The van der Waals surface area contributed by atoms with Crippen LogP contribution in [0.15, 0.2) is 30.3 Å². The van der Waals surface area contributed by atoms with Crippen molar-refractivity contribution in [3.8, 4) is 0 Å². The van der Waals surface area contributed by atoms with Crippen LogP contribution in [0.25, 0.3) is 0 Å². The molecule has 1 saturated carbocycles. The molecule has 0 N–H and O–H groups in total. The van der Waals surface area contributed by atoms with Crippen LogP contribution >= 0.6 is 0 Å². The van der Waals surface area contributed by atoms with E-state index >= 15 is 0 Å². The van der Waals surface area contributed by atoms with Gasteiger partial charge < -0.3 is 14.5 Å². The lowest BCUT2D eigenvalue weighted by Crippen LogP contribution is -2.55. The molecule has 1 aromatic carbocycles. The van der Waals surface area contributed by atoms with Crippen molar-refractivity contribution in [1.29, 1.82) is 0 Å². The summed E-state index contributed by atoms with van der Waals surface area (Å²) in [6, 6.07) is 10.2. The van der Waals surface area contributed by atoms with Crippen molar-refractivity contribution in [3.63, 3.8) is 0 Å². The van der Waals surface area contributed by atoms with Gasteiger partial charge in [0.05, 0.1) is 24.5 Å². The maximum atomic E-state index is 13.4. The summed E-state index contributed by atoms with van der Waals surface area (Å²) in [7, 11) is 0. The molecular formula is C21H28N2O3. The van der Waals surface area contributed by atoms with Crippen LogP contribution in [0.2, 0.25) is 0 Å². The molecule has 0 spiro atoms. The number of carbonyl (C=O) groups is 2. The summed E-state index contributed by atoms with van der Waals surface area (Å²) in [4.78, 5) is 30.2. The van der Waals surface area contributed by atoms with Crippen molar-refractivity contribution < 1.29 is 14.3 Å². The predicted octanol–water partition coefficient (Wildman–Crippen LogP) is 2.21. The Balaban J connectivity index is 1.47. The lowest BCUT2D eigenvalue weighted by atomic mass is 9.63. The Morgan fingerprint density at radius 1 is 0.962 bits per heavy atom. The van der Waals surface area contributed by atoms with Gasteiger partial charge in [-0.2, -0.15) is 0 Å². The van der Waals surface area contributed by atoms with Crippen LogP contribution in [0, 0.1) is 5.92 Å². The van der Waals surface area contributed by atoms with Crippen molar-refractivity contribution in [2.75, 3.05) is 39.4 Å². The minimum Gasteiger partial charge on any atom is -0.378 e. The third-order valence-corrected chi connectivity index (χ3v) is 6.32. The van der Waals surface area contributed by atoms with Crippen LogP contribution in [0.3, 0.4) is 0 Å². The Hall–Kier alpha value is -1.88. The Morgan fingerprint density at radius 2 is 1.69 bits per heavy atom. The quantitative estimate of drug-likeness (QED) is 0.834. The van der Waals surface area contributed by atoms with Crippen molar-refractivity contribution in [2.24, 2.45) is 5.92 Å². The van der Waals surface area contributed by atoms with E-state index in [-0.39, 0.29) is 23.1 Å². The fourth-order valence-electron chi connectivity index (χ4n) is 4.62. The fourth-order valence-corrected chi connectivity index (χ4v) is 4.62. The lowest BCUT2D eigenvalue weighted by molar-refractivity contribution is -0.148. The molecule has 5 heteroatoms. The molecule has 4 rings (SSSR count). The number of morpholine rings is 1. The minimum atomic E-state index is -0.356. The number of benzene rings is 1. The molecule has 1 aromatic rings. The number of hydrogen-bond donors (Lipinski definition) is 0. The number of hydrogen-bond acceptors (Lipinski definition) is 3. The first-order valence-corrected chi connectivity index (χ1v) is 9.92. The molecule has 1 aliphatic carbocycles. The van der Waals surface area contributed by atoms with Crippen LogP contribution < -0.4 is 0 Å². The SMILES string of the molecule is O=C(C1CCCN(C(=O)C2(c3ccccc3)CCC2)C1)N1CCOCC1. The number of amides is 2. The number of likely N-dealkylation sites (tertiary alicyclic amines) is 1. The Labute approximate surface area is 155 Å². The van der Waals surface area contributed by atoms with Crippen LogP contribution in [0.4, 0.5) is 0 Å². The van der Waals surface area contributed by atoms with Crippen molar-refractivity contribution in [2.45, 2.75) is 37.5 Å². The topological polar surface area (TPSA) is 49.9 Å². The highest BCUT2D eigenvalue weighted by atomic mass is 16.5. The van der Waals surface area contributed by atoms with Crippen molar-refractivity contribution in [1.82, 2.24) is 9.80 Å². The van der Waals surface area contributed by atoms with Gasteiger partial charge in [-0.1, -0.05) is 36.8 Å². The molecule has 1 unspecified atom stereocenters. The second-order valence-electron chi connectivity index (χ2n) is 7.83. The third kappa shape index (κ3) is 3.13. The van der Waals surface area contributed by atoms with Crippen LogP contribution in [0.1, 0.15) is 37.7 Å². The zero-order valence-electron chi connectivity index (χ0n) is 15.4. The average Bonchev–Trinajstić information content (AvgIpc) is 2.68. The summed E-state index contributed by atoms with van der Waals surface area (Å²) in [5, 5.41) is 0. The van der Waals surface area contributed by atoms with Gasteiger partial charge in [0, 0.05) is 26.2 Å². The summed E-state index contributed by atoms with van der Waals surface area (Å²) < 4.78 is 5.35. The molecule has 3 fully saturated rings. The van der Waals surface area contributed by atoms with E-state index in [9.17, 15) is 9.59 Å². The molecule has 1 atom stereocenters. The van der Waals surface area contributed by atoms with E-state index in [1.54, 1.807) is 0 Å². The van der Waals surface area contributed by atoms with E-state index in [2.05, 4.69) is 12.1 Å². The molecule has 2 amide bonds. The Morgan fingerprint density at radius 3 is 2.35 bits per heavy atom. The summed E-state index contributed by atoms with van der Waals surface area (Å²) in [6.07, 6.45) is 4.75. The zero-order chi connectivity index (χ0) is 18.0. The molecule has 2 saturated heterocycles. The maximum absolute atomic E-state index is 13.4. The van der Waals surface area contributed by atoms with E-state index in [1.165, 1.54) is 0 Å². The monoisotopic (exact) mass is 356 g/mol. The van der Waals surface area contributed by atoms with E-state index in [0.29, 0.717) is 32.8 Å². The van der Waals surface area contributed by atoms with Gasteiger partial charge in [-0.15, -0.1) is 0 Å². The van der Waals surface area contributed by atoms with E-state index in [4.69, 9.17) is 4.74 Å². The second-order valence-corrected chi connectivity index (χ2v) is 7.83. The molecule has 3 aliphatic rings. The Bertz CT molecular complexity index is 650. The first-order chi connectivity index (χ1) is 12.7. The summed E-state index contributed by atoms with van der Waals surface area (Å²) in [5.41, 5.74) is 0.781. The summed E-state index contributed by atoms with van der Waals surface area (Å²) in [5.74, 6) is 0.376. The summed E-state index contributed by atoms with van der Waals surface area (Å²) in [6.45, 7) is 3.95. The van der Waals surface area contributed by atoms with Gasteiger partial charge in [-0.25, -0.2) is 0 Å². The van der Waals surface area contributed by atoms with E-state index < -0.39 is 0 Å². The molecular weight excluding hydrogens is 328 g/mol. The molecule has 140 valence electrons. The average molecular weight is 356 g/mol. The van der Waals surface area contributed by atoms with E-state index in [1.807, 2.05) is 28.0 Å². The van der Waals surface area contributed by atoms with Crippen LogP contribution in [-0.2, 0) is 19.7 Å². The van der Waals surface area contributed by atoms with Crippen molar-refractivity contribution in [3.05, 3.63) is 35.9 Å². The highest BCUT2D eigenvalue weighted by Gasteiger charge is 2.48. The lowest BCUT2D eigenvalue weighted by Gasteiger charge is -2.46. The zero-order valence-corrected chi connectivity index (χ0v) is 15.4. The highest BCUT2D eigenvalue weighted by Crippen LogP contribution is 2.45. The van der Waals surface area contributed by atoms with Crippen molar-refractivity contribution >= 4 is 11.8 Å². The number of carbonyl (C=O) groups excluding carboxylic acids is 2. The van der Waals surface area contributed by atoms with Crippen LogP contribution in [0.5, 0.6) is 0 Å². The standard InChI is InChI=1S/C21H28N2O3/c24-19(22-12-14-26-15-13-22)17-6-4-11-23(16-17)20(25)21(9-5-10-21)18-7-2-1-3-8-18/h1-3,7-8,17H,4-6,9-16H2. The number of ether oxygens (including phenoxy) is 1. The smallest absolute Gasteiger partial charge is 0.233 e. The molecule has 5 nitrogen and oxygen atoms in total. The first kappa shape index (κ1) is 17.5. The molecule has 2 aliphatic heterocycles. The highest BCUT2D eigenvalue weighted by molar-refractivity contribution is 5.90. The molecule has 2 heterocycles. The second kappa shape index (κ2) is 7.39. The maximum Gasteiger partial charge on any atom is 0.233 e. The number of nitrogens with zero attached hydrogens (tertiary/aromatic N) is 2. The van der Waals surface area contributed by atoms with Gasteiger partial charge in [0.2, 0.25) is 11.8 Å². The normalized spacial score (nSPS) is 25.5. The summed E-state index contributed by atoms with van der Waals surface area (Å²) >= 11 is 0. The third-order valence-electron chi connectivity index (χ3n) is 6.32. The Kier molecular flexibility index (Phi) is 4.98. The largest absolute Gasteiger partial charge is 0.378 e.